The molecule has 3 rings (SSSR count). The molecule has 2 N–H and O–H groups in total. The van der Waals surface area contributed by atoms with Crippen LogP contribution in [0.15, 0.2) is 48.8 Å². The van der Waals surface area contributed by atoms with E-state index in [-0.39, 0.29) is 11.7 Å². The van der Waals surface area contributed by atoms with E-state index in [1.807, 2.05) is 12.1 Å². The third kappa shape index (κ3) is 2.51. The van der Waals surface area contributed by atoms with E-state index in [9.17, 15) is 9.18 Å². The van der Waals surface area contributed by atoms with Gasteiger partial charge in [-0.3, -0.25) is 9.78 Å². The van der Waals surface area contributed by atoms with Gasteiger partial charge in [0.05, 0.1) is 0 Å². The molecule has 0 atom stereocenters. The molecule has 0 aliphatic heterocycles. The van der Waals surface area contributed by atoms with E-state index >= 15 is 0 Å². The molecular weight excluding hydrogens is 257 g/mol. The molecule has 0 fully saturated rings. The van der Waals surface area contributed by atoms with Gasteiger partial charge in [0.25, 0.3) is 5.91 Å². The molecule has 1 amide bonds. The van der Waals surface area contributed by atoms with Crippen LogP contribution in [0.4, 0.5) is 4.39 Å². The number of nitrogens with one attached hydrogen (secondary N) is 2. The van der Waals surface area contributed by atoms with Crippen molar-refractivity contribution in [3.8, 4) is 0 Å². The van der Waals surface area contributed by atoms with Gasteiger partial charge in [0.1, 0.15) is 11.5 Å². The Morgan fingerprint density at radius 1 is 1.30 bits per heavy atom. The van der Waals surface area contributed by atoms with Gasteiger partial charge in [-0.25, -0.2) is 4.39 Å². The molecule has 2 heterocycles. The van der Waals surface area contributed by atoms with Crippen molar-refractivity contribution in [2.75, 3.05) is 0 Å². The Morgan fingerprint density at radius 3 is 3.00 bits per heavy atom. The van der Waals surface area contributed by atoms with Gasteiger partial charge in [0.2, 0.25) is 0 Å². The van der Waals surface area contributed by atoms with E-state index in [0.29, 0.717) is 17.6 Å². The highest BCUT2D eigenvalue weighted by Crippen LogP contribution is 2.16. The first-order valence-electron chi connectivity index (χ1n) is 6.18. The number of halogens is 1. The Labute approximate surface area is 114 Å². The van der Waals surface area contributed by atoms with E-state index < -0.39 is 0 Å². The van der Waals surface area contributed by atoms with Crippen molar-refractivity contribution in [2.45, 2.75) is 6.54 Å². The van der Waals surface area contributed by atoms with Crippen LogP contribution in [0.3, 0.4) is 0 Å². The van der Waals surface area contributed by atoms with Crippen LogP contribution in [0.1, 0.15) is 16.1 Å². The van der Waals surface area contributed by atoms with Crippen molar-refractivity contribution in [2.24, 2.45) is 0 Å². The van der Waals surface area contributed by atoms with E-state index in [1.165, 1.54) is 12.1 Å². The lowest BCUT2D eigenvalue weighted by atomic mass is 10.2. The summed E-state index contributed by atoms with van der Waals surface area (Å²) in [6.45, 7) is 0.399. The average Bonchev–Trinajstić information content (AvgIpc) is 2.89. The Balaban J connectivity index is 1.75. The van der Waals surface area contributed by atoms with Gasteiger partial charge in [-0.05, 0) is 35.9 Å². The Kier molecular flexibility index (Phi) is 3.16. The van der Waals surface area contributed by atoms with E-state index in [4.69, 9.17) is 0 Å². The number of aromatic amines is 1. The third-order valence-corrected chi connectivity index (χ3v) is 3.00. The summed E-state index contributed by atoms with van der Waals surface area (Å²) in [5.41, 5.74) is 2.07. The van der Waals surface area contributed by atoms with Crippen molar-refractivity contribution < 1.29 is 9.18 Å². The minimum Gasteiger partial charge on any atom is -0.351 e. The van der Waals surface area contributed by atoms with Gasteiger partial charge < -0.3 is 10.3 Å². The highest BCUT2D eigenvalue weighted by Gasteiger charge is 2.09. The van der Waals surface area contributed by atoms with Gasteiger partial charge >= 0.3 is 0 Å². The highest BCUT2D eigenvalue weighted by molar-refractivity contribution is 5.97. The first-order valence-corrected chi connectivity index (χ1v) is 6.18. The smallest absolute Gasteiger partial charge is 0.267 e. The van der Waals surface area contributed by atoms with Crippen LogP contribution in [-0.2, 0) is 6.54 Å². The number of amides is 1. The largest absolute Gasteiger partial charge is 0.351 e. The summed E-state index contributed by atoms with van der Waals surface area (Å²) >= 11 is 0. The maximum Gasteiger partial charge on any atom is 0.267 e. The third-order valence-electron chi connectivity index (χ3n) is 3.00. The second-order valence-electron chi connectivity index (χ2n) is 4.46. The average molecular weight is 269 g/mol. The number of benzene rings is 1. The molecule has 0 spiro atoms. The number of hydrogen-bond acceptors (Lipinski definition) is 2. The predicted octanol–water partition coefficient (Wildman–Crippen LogP) is 2.63. The number of nitrogens with zero attached hydrogens (tertiary/aromatic N) is 1. The SMILES string of the molecule is O=C(NCc1cccnc1)c1cc2cc(F)ccc2[nH]1. The monoisotopic (exact) mass is 269 g/mol. The van der Waals surface area contributed by atoms with Crippen LogP contribution in [0.5, 0.6) is 0 Å². The lowest BCUT2D eigenvalue weighted by Crippen LogP contribution is -2.23. The second kappa shape index (κ2) is 5.13. The van der Waals surface area contributed by atoms with Crippen LogP contribution >= 0.6 is 0 Å². The van der Waals surface area contributed by atoms with E-state index in [0.717, 1.165) is 11.1 Å². The Morgan fingerprint density at radius 2 is 2.20 bits per heavy atom. The molecule has 20 heavy (non-hydrogen) atoms. The van der Waals surface area contributed by atoms with Crippen LogP contribution in [0, 0.1) is 5.82 Å². The maximum atomic E-state index is 13.1. The number of rotatable bonds is 3. The summed E-state index contributed by atoms with van der Waals surface area (Å²) in [4.78, 5) is 19.0. The van der Waals surface area contributed by atoms with Crippen LogP contribution in [-0.4, -0.2) is 15.9 Å². The first kappa shape index (κ1) is 12.3. The minimum atomic E-state index is -0.321. The molecule has 100 valence electrons. The van der Waals surface area contributed by atoms with Crippen molar-refractivity contribution in [1.82, 2.24) is 15.3 Å². The summed E-state index contributed by atoms with van der Waals surface area (Å²) in [6, 6.07) is 9.69. The number of carbonyl (C=O) groups excluding carboxylic acids is 1. The van der Waals surface area contributed by atoms with Gasteiger partial charge in [0.15, 0.2) is 0 Å². The van der Waals surface area contributed by atoms with Gasteiger partial charge in [-0.15, -0.1) is 0 Å². The zero-order chi connectivity index (χ0) is 13.9. The molecule has 0 unspecified atom stereocenters. The minimum absolute atomic E-state index is 0.231. The van der Waals surface area contributed by atoms with Crippen LogP contribution in [0.25, 0.3) is 10.9 Å². The fourth-order valence-electron chi connectivity index (χ4n) is 2.01. The zero-order valence-electron chi connectivity index (χ0n) is 10.6. The summed E-state index contributed by atoms with van der Waals surface area (Å²) in [5, 5.41) is 3.46. The maximum absolute atomic E-state index is 13.1. The molecule has 2 aromatic heterocycles. The van der Waals surface area contributed by atoms with E-state index in [1.54, 1.807) is 24.5 Å². The van der Waals surface area contributed by atoms with Crippen molar-refractivity contribution >= 4 is 16.8 Å². The standard InChI is InChI=1S/C15H12FN3O/c16-12-3-4-13-11(6-12)7-14(19-13)15(20)18-9-10-2-1-5-17-8-10/h1-8,19H,9H2,(H,18,20). The number of pyridine rings is 1. The van der Waals surface area contributed by atoms with Crippen molar-refractivity contribution in [1.29, 1.82) is 0 Å². The molecule has 0 saturated heterocycles. The molecule has 0 radical (unpaired) electrons. The molecule has 0 bridgehead atoms. The van der Waals surface area contributed by atoms with E-state index in [2.05, 4.69) is 15.3 Å². The number of fused-ring (bicyclic) bond motifs is 1. The Bertz CT molecular complexity index is 752. The summed E-state index contributed by atoms with van der Waals surface area (Å²) in [7, 11) is 0. The van der Waals surface area contributed by atoms with Crippen LogP contribution < -0.4 is 5.32 Å². The zero-order valence-corrected chi connectivity index (χ0v) is 10.6. The molecule has 0 saturated carbocycles. The molecular formula is C15H12FN3O. The van der Waals surface area contributed by atoms with Crippen molar-refractivity contribution in [3.63, 3.8) is 0 Å². The fraction of sp³-hybridized carbons (Fsp3) is 0.0667. The predicted molar refractivity (Wildman–Crippen MR) is 73.7 cm³/mol. The van der Waals surface area contributed by atoms with Crippen molar-refractivity contribution in [3.05, 3.63) is 65.9 Å². The lowest BCUT2D eigenvalue weighted by Gasteiger charge is -2.02. The molecule has 5 heteroatoms. The molecule has 1 aromatic carbocycles. The fourth-order valence-corrected chi connectivity index (χ4v) is 2.01. The molecule has 0 aliphatic carbocycles. The topological polar surface area (TPSA) is 57.8 Å². The highest BCUT2D eigenvalue weighted by atomic mass is 19.1. The summed E-state index contributed by atoms with van der Waals surface area (Å²) < 4.78 is 13.1. The number of H-pyrrole nitrogens is 1. The quantitative estimate of drug-likeness (QED) is 0.768. The molecule has 0 aliphatic rings. The normalized spacial score (nSPS) is 10.7. The van der Waals surface area contributed by atoms with Crippen LogP contribution in [0.2, 0.25) is 0 Å². The summed E-state index contributed by atoms with van der Waals surface area (Å²) in [6.07, 6.45) is 3.37. The second-order valence-corrected chi connectivity index (χ2v) is 4.46. The van der Waals surface area contributed by atoms with Gasteiger partial charge in [-0.2, -0.15) is 0 Å². The molecule has 4 nitrogen and oxygen atoms in total. The van der Waals surface area contributed by atoms with Gasteiger partial charge in [0, 0.05) is 29.8 Å². The Hall–Kier alpha value is -2.69. The first-order chi connectivity index (χ1) is 9.72. The number of carbonyl (C=O) groups is 1. The summed E-state index contributed by atoms with van der Waals surface area (Å²) in [5.74, 6) is -0.552. The lowest BCUT2D eigenvalue weighted by molar-refractivity contribution is 0.0946. The molecule has 3 aromatic rings. The number of aromatic nitrogens is 2. The van der Waals surface area contributed by atoms with Gasteiger partial charge in [-0.1, -0.05) is 6.07 Å². The number of hydrogen-bond donors (Lipinski definition) is 2.